The number of aryl methyl sites for hydroxylation is 1. The molecular formula is C20H36N4. The Hall–Kier alpha value is -0.870. The number of nitrogens with zero attached hydrogens (tertiary/aromatic N) is 4. The standard InChI is InChI=1S/C20H36N4/c1-13(2)24-15(4)20(14(3)21-24)12-23(7)19-10-16-8-18(22(5)6)9-17(16)11-19/h13,16-19H,8-12H2,1-7H3/t16-,17+,18?,19?. The number of rotatable bonds is 5. The van der Waals surface area contributed by atoms with Crippen LogP contribution in [0.15, 0.2) is 0 Å². The summed E-state index contributed by atoms with van der Waals surface area (Å²) in [7, 11) is 6.81. The van der Waals surface area contributed by atoms with Crippen molar-refractivity contribution < 1.29 is 0 Å². The first-order valence-electron chi connectivity index (χ1n) is 9.69. The number of fused-ring (bicyclic) bond motifs is 1. The molecule has 4 atom stereocenters. The van der Waals surface area contributed by atoms with Crippen molar-refractivity contribution in [1.29, 1.82) is 0 Å². The topological polar surface area (TPSA) is 24.3 Å². The molecule has 0 aliphatic heterocycles. The summed E-state index contributed by atoms with van der Waals surface area (Å²) in [5.74, 6) is 1.90. The van der Waals surface area contributed by atoms with Gasteiger partial charge < -0.3 is 4.90 Å². The Bertz CT molecular complexity index is 560. The van der Waals surface area contributed by atoms with Crippen molar-refractivity contribution in [3.8, 4) is 0 Å². The predicted octanol–water partition coefficient (Wildman–Crippen LogP) is 3.63. The van der Waals surface area contributed by atoms with Gasteiger partial charge in [-0.2, -0.15) is 5.10 Å². The van der Waals surface area contributed by atoms with E-state index >= 15 is 0 Å². The molecule has 0 bridgehead atoms. The second-order valence-electron chi connectivity index (χ2n) is 8.84. The molecule has 2 unspecified atom stereocenters. The minimum Gasteiger partial charge on any atom is -0.306 e. The summed E-state index contributed by atoms with van der Waals surface area (Å²) in [5, 5.41) is 4.76. The van der Waals surface area contributed by atoms with Crippen LogP contribution >= 0.6 is 0 Å². The molecule has 24 heavy (non-hydrogen) atoms. The molecule has 2 fully saturated rings. The van der Waals surface area contributed by atoms with Crippen molar-refractivity contribution in [3.63, 3.8) is 0 Å². The van der Waals surface area contributed by atoms with Crippen LogP contribution in [-0.4, -0.2) is 52.8 Å². The second kappa shape index (κ2) is 6.80. The molecule has 3 rings (SSSR count). The fourth-order valence-corrected chi connectivity index (χ4v) is 5.14. The van der Waals surface area contributed by atoms with Gasteiger partial charge in [0.05, 0.1) is 5.69 Å². The van der Waals surface area contributed by atoms with E-state index in [0.717, 1.165) is 30.5 Å². The van der Waals surface area contributed by atoms with Crippen LogP contribution in [0.25, 0.3) is 0 Å². The van der Waals surface area contributed by atoms with Gasteiger partial charge in [-0.15, -0.1) is 0 Å². The lowest BCUT2D eigenvalue weighted by molar-refractivity contribution is 0.211. The number of aromatic nitrogens is 2. The quantitative estimate of drug-likeness (QED) is 0.823. The largest absolute Gasteiger partial charge is 0.306 e. The molecule has 0 amide bonds. The lowest BCUT2D eigenvalue weighted by Crippen LogP contribution is -2.31. The predicted molar refractivity (Wildman–Crippen MR) is 100 cm³/mol. The Kier molecular flexibility index (Phi) is 5.08. The first-order valence-corrected chi connectivity index (χ1v) is 9.69. The Balaban J connectivity index is 1.63. The maximum absolute atomic E-state index is 4.76. The third-order valence-corrected chi connectivity index (χ3v) is 6.69. The van der Waals surface area contributed by atoms with E-state index in [1.165, 1.54) is 42.6 Å². The molecule has 0 radical (unpaired) electrons. The van der Waals surface area contributed by atoms with Crippen molar-refractivity contribution in [2.24, 2.45) is 11.8 Å². The van der Waals surface area contributed by atoms with E-state index in [-0.39, 0.29) is 0 Å². The third-order valence-electron chi connectivity index (χ3n) is 6.69. The van der Waals surface area contributed by atoms with E-state index in [1.807, 2.05) is 0 Å². The van der Waals surface area contributed by atoms with Gasteiger partial charge in [-0.05, 0) is 86.4 Å². The Morgan fingerprint density at radius 1 is 1.00 bits per heavy atom. The molecule has 136 valence electrons. The molecule has 2 saturated carbocycles. The molecule has 4 nitrogen and oxygen atoms in total. The highest BCUT2D eigenvalue weighted by Crippen LogP contribution is 2.46. The Morgan fingerprint density at radius 3 is 2.00 bits per heavy atom. The van der Waals surface area contributed by atoms with Crippen molar-refractivity contribution in [2.75, 3.05) is 21.1 Å². The normalized spacial score (nSPS) is 30.1. The van der Waals surface area contributed by atoms with Crippen LogP contribution < -0.4 is 0 Å². The van der Waals surface area contributed by atoms with Gasteiger partial charge >= 0.3 is 0 Å². The summed E-state index contributed by atoms with van der Waals surface area (Å²) < 4.78 is 2.18. The van der Waals surface area contributed by atoms with Gasteiger partial charge in [0, 0.05) is 35.9 Å². The fourth-order valence-electron chi connectivity index (χ4n) is 5.14. The van der Waals surface area contributed by atoms with E-state index < -0.39 is 0 Å². The summed E-state index contributed by atoms with van der Waals surface area (Å²) in [6.07, 6.45) is 5.60. The van der Waals surface area contributed by atoms with Crippen molar-refractivity contribution >= 4 is 0 Å². The van der Waals surface area contributed by atoms with Gasteiger partial charge in [0.15, 0.2) is 0 Å². The summed E-state index contributed by atoms with van der Waals surface area (Å²) in [5.41, 5.74) is 3.99. The van der Waals surface area contributed by atoms with Crippen molar-refractivity contribution in [3.05, 3.63) is 17.0 Å². The highest BCUT2D eigenvalue weighted by molar-refractivity contribution is 5.25. The Morgan fingerprint density at radius 2 is 1.54 bits per heavy atom. The van der Waals surface area contributed by atoms with Crippen LogP contribution in [0.4, 0.5) is 0 Å². The zero-order valence-electron chi connectivity index (χ0n) is 16.7. The summed E-state index contributed by atoms with van der Waals surface area (Å²) in [4.78, 5) is 5.04. The third kappa shape index (κ3) is 3.28. The zero-order chi connectivity index (χ0) is 17.6. The van der Waals surface area contributed by atoms with Crippen LogP contribution in [0.3, 0.4) is 0 Å². The number of hydrogen-bond donors (Lipinski definition) is 0. The van der Waals surface area contributed by atoms with Crippen molar-refractivity contribution in [2.45, 2.75) is 78.0 Å². The van der Waals surface area contributed by atoms with Crippen molar-refractivity contribution in [1.82, 2.24) is 19.6 Å². The Labute approximate surface area is 148 Å². The molecule has 1 aromatic heterocycles. The zero-order valence-corrected chi connectivity index (χ0v) is 16.7. The molecule has 4 heteroatoms. The van der Waals surface area contributed by atoms with Gasteiger partial charge in [-0.25, -0.2) is 0 Å². The molecule has 0 N–H and O–H groups in total. The molecular weight excluding hydrogens is 296 g/mol. The molecule has 1 aromatic rings. The van der Waals surface area contributed by atoms with Crippen LogP contribution in [0, 0.1) is 25.7 Å². The number of hydrogen-bond acceptors (Lipinski definition) is 3. The molecule has 0 spiro atoms. The van der Waals surface area contributed by atoms with Gasteiger partial charge in [-0.1, -0.05) is 0 Å². The van der Waals surface area contributed by atoms with E-state index in [2.05, 4.69) is 63.3 Å². The van der Waals surface area contributed by atoms with Gasteiger partial charge in [0.1, 0.15) is 0 Å². The summed E-state index contributed by atoms with van der Waals surface area (Å²) >= 11 is 0. The SMILES string of the molecule is Cc1nn(C(C)C)c(C)c1CN(C)C1C[C@H]2CC(N(C)C)C[C@H]2C1. The summed E-state index contributed by atoms with van der Waals surface area (Å²) in [6.45, 7) is 9.87. The highest BCUT2D eigenvalue weighted by Gasteiger charge is 2.43. The highest BCUT2D eigenvalue weighted by atomic mass is 15.3. The summed E-state index contributed by atoms with van der Waals surface area (Å²) in [6, 6.07) is 2.01. The molecule has 0 aromatic carbocycles. The maximum Gasteiger partial charge on any atom is 0.0641 e. The van der Waals surface area contributed by atoms with Crippen LogP contribution in [0.5, 0.6) is 0 Å². The van der Waals surface area contributed by atoms with E-state index in [0.29, 0.717) is 6.04 Å². The second-order valence-corrected chi connectivity index (χ2v) is 8.84. The molecule has 2 aliphatic rings. The van der Waals surface area contributed by atoms with Gasteiger partial charge in [0.25, 0.3) is 0 Å². The lowest BCUT2D eigenvalue weighted by Gasteiger charge is -2.27. The average Bonchev–Trinajstić information content (AvgIpc) is 3.13. The first-order chi connectivity index (χ1) is 11.3. The molecule has 0 saturated heterocycles. The fraction of sp³-hybridized carbons (Fsp3) is 0.850. The van der Waals surface area contributed by atoms with Crippen LogP contribution in [0.1, 0.15) is 62.5 Å². The van der Waals surface area contributed by atoms with Crippen LogP contribution in [0.2, 0.25) is 0 Å². The smallest absolute Gasteiger partial charge is 0.0641 e. The van der Waals surface area contributed by atoms with Gasteiger partial charge in [0.2, 0.25) is 0 Å². The maximum atomic E-state index is 4.76. The lowest BCUT2D eigenvalue weighted by atomic mass is 10.0. The minimum absolute atomic E-state index is 0.441. The van der Waals surface area contributed by atoms with E-state index in [4.69, 9.17) is 5.10 Å². The van der Waals surface area contributed by atoms with E-state index in [9.17, 15) is 0 Å². The first kappa shape index (κ1) is 17.9. The molecule has 1 heterocycles. The average molecular weight is 333 g/mol. The van der Waals surface area contributed by atoms with Crippen LogP contribution in [-0.2, 0) is 6.54 Å². The monoisotopic (exact) mass is 332 g/mol. The minimum atomic E-state index is 0.441. The molecule has 2 aliphatic carbocycles. The van der Waals surface area contributed by atoms with E-state index in [1.54, 1.807) is 0 Å². The van der Waals surface area contributed by atoms with Gasteiger partial charge in [-0.3, -0.25) is 9.58 Å².